The Morgan fingerprint density at radius 3 is 2.89 bits per heavy atom. The van der Waals surface area contributed by atoms with Crippen molar-refractivity contribution in [3.05, 3.63) is 36.5 Å². The Hall–Kier alpha value is -0.780. The van der Waals surface area contributed by atoms with E-state index in [1.165, 1.54) is 6.42 Å². The van der Waals surface area contributed by atoms with Crippen LogP contribution in [-0.2, 0) is 0 Å². The number of hydrogen-bond donors (Lipinski definition) is 0. The van der Waals surface area contributed by atoms with Crippen molar-refractivity contribution in [3.63, 3.8) is 0 Å². The Morgan fingerprint density at radius 2 is 1.89 bits per heavy atom. The summed E-state index contributed by atoms with van der Waals surface area (Å²) >= 11 is 0. The topological polar surface area (TPSA) is 0 Å². The largest absolute Gasteiger partial charge is 0.0879 e. The van der Waals surface area contributed by atoms with Crippen molar-refractivity contribution < 1.29 is 0 Å². The zero-order valence-electron chi connectivity index (χ0n) is 5.51. The molecule has 0 saturated carbocycles. The first-order chi connectivity index (χ1) is 4.50. The van der Waals surface area contributed by atoms with Crippen LogP contribution in [0.5, 0.6) is 0 Å². The van der Waals surface area contributed by atoms with E-state index in [0.29, 0.717) is 0 Å². The molecule has 1 aliphatic rings. The van der Waals surface area contributed by atoms with E-state index >= 15 is 0 Å². The third kappa shape index (κ3) is 2.91. The minimum Gasteiger partial charge on any atom is -0.0879 e. The second-order valence-electron chi connectivity index (χ2n) is 2.06. The Kier molecular flexibility index (Phi) is 2.91. The lowest BCUT2D eigenvalue weighted by molar-refractivity contribution is 1.05. The molecule has 0 spiro atoms. The van der Waals surface area contributed by atoms with Crippen LogP contribution >= 0.6 is 0 Å². The summed E-state index contributed by atoms with van der Waals surface area (Å²) < 4.78 is 0. The molecule has 1 radical (unpaired) electrons. The monoisotopic (exact) mass is 119 g/mol. The second-order valence-corrected chi connectivity index (χ2v) is 2.06. The lowest BCUT2D eigenvalue weighted by atomic mass is 10.3. The molecule has 47 valence electrons. The highest BCUT2D eigenvalue weighted by atomic mass is 13.8. The molecule has 0 aromatic heterocycles. The van der Waals surface area contributed by atoms with Gasteiger partial charge in [-0.1, -0.05) is 30.4 Å². The molecule has 0 fully saturated rings. The molecule has 0 aliphatic heterocycles. The molecule has 0 aromatic rings. The summed E-state index contributed by atoms with van der Waals surface area (Å²) in [7, 11) is 0. The van der Waals surface area contributed by atoms with Crippen molar-refractivity contribution >= 4 is 0 Å². The van der Waals surface area contributed by atoms with Crippen molar-refractivity contribution in [3.8, 4) is 0 Å². The Morgan fingerprint density at radius 1 is 1.00 bits per heavy atom. The van der Waals surface area contributed by atoms with E-state index in [1.54, 1.807) is 0 Å². The van der Waals surface area contributed by atoms with Gasteiger partial charge in [-0.3, -0.25) is 0 Å². The minimum atomic E-state index is 1.03. The van der Waals surface area contributed by atoms with Gasteiger partial charge in [-0.25, -0.2) is 0 Å². The van der Waals surface area contributed by atoms with Gasteiger partial charge < -0.3 is 0 Å². The standard InChI is InChI=1S/C9H11/c1-2-4-6-8-9-7-5-3-1/h1-2,5,8-9H,3-4,6H2. The van der Waals surface area contributed by atoms with E-state index in [9.17, 15) is 0 Å². The molecule has 1 aliphatic carbocycles. The first kappa shape index (κ1) is 6.34. The third-order valence-corrected chi connectivity index (χ3v) is 1.25. The maximum atomic E-state index is 3.07. The Bertz CT molecular complexity index is 138. The predicted molar refractivity (Wildman–Crippen MR) is 39.9 cm³/mol. The third-order valence-electron chi connectivity index (χ3n) is 1.25. The average molecular weight is 119 g/mol. The molecule has 0 heterocycles. The summed E-state index contributed by atoms with van der Waals surface area (Å²) in [6.45, 7) is 0. The fourth-order valence-electron chi connectivity index (χ4n) is 0.762. The van der Waals surface area contributed by atoms with Crippen LogP contribution in [0, 0.1) is 6.08 Å². The van der Waals surface area contributed by atoms with Gasteiger partial charge in [0.1, 0.15) is 0 Å². The minimum absolute atomic E-state index is 1.03. The molecule has 0 bridgehead atoms. The SMILES string of the molecule is [C]1=CCC=CCCC=C1. The molecule has 0 N–H and O–H groups in total. The highest BCUT2D eigenvalue weighted by Gasteiger charge is 1.78. The van der Waals surface area contributed by atoms with Gasteiger partial charge in [0.2, 0.25) is 0 Å². The van der Waals surface area contributed by atoms with Crippen LogP contribution < -0.4 is 0 Å². The molecule has 0 amide bonds. The van der Waals surface area contributed by atoms with Gasteiger partial charge in [-0.2, -0.15) is 0 Å². The van der Waals surface area contributed by atoms with Crippen LogP contribution in [0.25, 0.3) is 0 Å². The van der Waals surface area contributed by atoms with Crippen LogP contribution in [0.3, 0.4) is 0 Å². The lowest BCUT2D eigenvalue weighted by Crippen LogP contribution is -1.61. The van der Waals surface area contributed by atoms with E-state index in [4.69, 9.17) is 0 Å². The molecule has 9 heavy (non-hydrogen) atoms. The van der Waals surface area contributed by atoms with E-state index in [-0.39, 0.29) is 0 Å². The van der Waals surface area contributed by atoms with Crippen LogP contribution in [0.15, 0.2) is 30.4 Å². The number of hydrogen-bond acceptors (Lipinski definition) is 0. The van der Waals surface area contributed by atoms with Crippen molar-refractivity contribution in [2.45, 2.75) is 19.3 Å². The van der Waals surface area contributed by atoms with Gasteiger partial charge in [-0.05, 0) is 25.3 Å². The molecule has 0 heteroatoms. The van der Waals surface area contributed by atoms with Gasteiger partial charge in [0, 0.05) is 0 Å². The van der Waals surface area contributed by atoms with Crippen LogP contribution in [0.1, 0.15) is 19.3 Å². The average Bonchev–Trinajstić information content (AvgIpc) is 2.00. The van der Waals surface area contributed by atoms with Gasteiger partial charge in [0.25, 0.3) is 0 Å². The fraction of sp³-hybridized carbons (Fsp3) is 0.333. The summed E-state index contributed by atoms with van der Waals surface area (Å²) in [5.41, 5.74) is 0. The molecular formula is C9H11. The van der Waals surface area contributed by atoms with Crippen molar-refractivity contribution in [2.75, 3.05) is 0 Å². The first-order valence-corrected chi connectivity index (χ1v) is 3.38. The number of allylic oxidation sites excluding steroid dienone is 6. The maximum absolute atomic E-state index is 3.07. The van der Waals surface area contributed by atoms with Crippen LogP contribution in [-0.4, -0.2) is 0 Å². The molecule has 0 nitrogen and oxygen atoms in total. The summed E-state index contributed by atoms with van der Waals surface area (Å²) in [5.74, 6) is 0. The fourth-order valence-corrected chi connectivity index (χ4v) is 0.762. The summed E-state index contributed by atoms with van der Waals surface area (Å²) in [6, 6.07) is 0. The number of rotatable bonds is 0. The summed E-state index contributed by atoms with van der Waals surface area (Å²) in [5, 5.41) is 0. The molecule has 0 atom stereocenters. The first-order valence-electron chi connectivity index (χ1n) is 3.38. The highest BCUT2D eigenvalue weighted by molar-refractivity contribution is 5.01. The molecular weight excluding hydrogens is 108 g/mol. The van der Waals surface area contributed by atoms with Crippen molar-refractivity contribution in [1.29, 1.82) is 0 Å². The van der Waals surface area contributed by atoms with E-state index < -0.39 is 0 Å². The molecule has 0 aromatic carbocycles. The van der Waals surface area contributed by atoms with E-state index in [0.717, 1.165) is 12.8 Å². The van der Waals surface area contributed by atoms with Gasteiger partial charge in [-0.15, -0.1) is 0 Å². The Balaban J connectivity index is 2.43. The quantitative estimate of drug-likeness (QED) is 0.430. The zero-order valence-corrected chi connectivity index (χ0v) is 5.51. The van der Waals surface area contributed by atoms with Gasteiger partial charge in [0.15, 0.2) is 0 Å². The molecule has 1 rings (SSSR count). The summed E-state index contributed by atoms with van der Waals surface area (Å²) in [6.07, 6.45) is 17.0. The highest BCUT2D eigenvalue weighted by Crippen LogP contribution is 1.97. The summed E-state index contributed by atoms with van der Waals surface area (Å²) in [4.78, 5) is 0. The van der Waals surface area contributed by atoms with E-state index in [2.05, 4.69) is 24.3 Å². The lowest BCUT2D eigenvalue weighted by Gasteiger charge is -1.81. The second kappa shape index (κ2) is 4.13. The molecule has 0 saturated heterocycles. The van der Waals surface area contributed by atoms with Gasteiger partial charge in [0.05, 0.1) is 0 Å². The normalized spacial score (nSPS) is 18.7. The van der Waals surface area contributed by atoms with E-state index in [1.807, 2.05) is 12.2 Å². The molecule has 0 unspecified atom stereocenters. The van der Waals surface area contributed by atoms with Gasteiger partial charge >= 0.3 is 0 Å². The van der Waals surface area contributed by atoms with Crippen molar-refractivity contribution in [2.24, 2.45) is 0 Å². The van der Waals surface area contributed by atoms with Crippen LogP contribution in [0.2, 0.25) is 0 Å². The zero-order chi connectivity index (χ0) is 6.36. The predicted octanol–water partition coefficient (Wildman–Crippen LogP) is 2.64. The van der Waals surface area contributed by atoms with Crippen LogP contribution in [0.4, 0.5) is 0 Å². The Labute approximate surface area is 56.6 Å². The smallest absolute Gasteiger partial charge is 0.0160 e. The maximum Gasteiger partial charge on any atom is -0.0160 e. The van der Waals surface area contributed by atoms with Crippen molar-refractivity contribution in [1.82, 2.24) is 0 Å².